The molecule has 82 valence electrons. The molecule has 0 saturated heterocycles. The molecule has 0 radical (unpaired) electrons. The number of carbonyl (C=O) groups is 1. The molecule has 0 aliphatic rings. The highest BCUT2D eigenvalue weighted by molar-refractivity contribution is 7.08. The van der Waals surface area contributed by atoms with Crippen molar-refractivity contribution >= 4 is 23.3 Å². The van der Waals surface area contributed by atoms with Crippen LogP contribution < -0.4 is 5.32 Å². The maximum Gasteiger partial charge on any atom is 0.243 e. The van der Waals surface area contributed by atoms with E-state index in [1.807, 2.05) is 22.9 Å². The first kappa shape index (κ1) is 12.0. The minimum Gasteiger partial charge on any atom is -0.353 e. The van der Waals surface area contributed by atoms with Crippen LogP contribution in [0, 0.1) is 0 Å². The second-order valence-electron chi connectivity index (χ2n) is 3.39. The highest BCUT2D eigenvalue weighted by atomic mass is 32.1. The Labute approximate surface area is 95.0 Å². The van der Waals surface area contributed by atoms with Gasteiger partial charge in [0.1, 0.15) is 0 Å². The van der Waals surface area contributed by atoms with E-state index in [1.165, 1.54) is 12.8 Å². The number of unbranched alkanes of at least 4 members (excludes halogenated alkanes) is 2. The monoisotopic (exact) mass is 223 g/mol. The van der Waals surface area contributed by atoms with Gasteiger partial charge in [0.2, 0.25) is 5.91 Å². The Kier molecular flexibility index (Phi) is 5.78. The zero-order valence-electron chi connectivity index (χ0n) is 9.03. The van der Waals surface area contributed by atoms with Gasteiger partial charge in [-0.3, -0.25) is 4.79 Å². The van der Waals surface area contributed by atoms with E-state index in [9.17, 15) is 4.79 Å². The molecule has 0 atom stereocenters. The van der Waals surface area contributed by atoms with Gasteiger partial charge in [0.05, 0.1) is 0 Å². The third-order valence-corrected chi connectivity index (χ3v) is 2.75. The molecular weight excluding hydrogens is 206 g/mol. The van der Waals surface area contributed by atoms with Crippen LogP contribution in [0.25, 0.3) is 6.08 Å². The van der Waals surface area contributed by atoms with Crippen LogP contribution in [0.5, 0.6) is 0 Å². The van der Waals surface area contributed by atoms with Crippen molar-refractivity contribution in [3.05, 3.63) is 28.5 Å². The molecule has 1 N–H and O–H groups in total. The van der Waals surface area contributed by atoms with Gasteiger partial charge in [-0.25, -0.2) is 0 Å². The highest BCUT2D eigenvalue weighted by Gasteiger charge is 1.94. The first-order valence-electron chi connectivity index (χ1n) is 5.31. The van der Waals surface area contributed by atoms with E-state index in [-0.39, 0.29) is 5.91 Å². The fourth-order valence-electron chi connectivity index (χ4n) is 1.19. The third-order valence-electron chi connectivity index (χ3n) is 2.05. The summed E-state index contributed by atoms with van der Waals surface area (Å²) in [7, 11) is 0. The quantitative estimate of drug-likeness (QED) is 0.583. The summed E-state index contributed by atoms with van der Waals surface area (Å²) in [4.78, 5) is 11.3. The van der Waals surface area contributed by atoms with Crippen molar-refractivity contribution in [1.82, 2.24) is 5.32 Å². The largest absolute Gasteiger partial charge is 0.353 e. The Morgan fingerprint density at radius 1 is 1.53 bits per heavy atom. The minimum atomic E-state index is -0.00250. The molecule has 15 heavy (non-hydrogen) atoms. The predicted octanol–water partition coefficient (Wildman–Crippen LogP) is 3.07. The number of rotatable bonds is 6. The van der Waals surface area contributed by atoms with Gasteiger partial charge in [0.25, 0.3) is 0 Å². The lowest BCUT2D eigenvalue weighted by Gasteiger charge is -1.99. The van der Waals surface area contributed by atoms with Gasteiger partial charge in [-0.15, -0.1) is 0 Å². The summed E-state index contributed by atoms with van der Waals surface area (Å²) in [6.07, 6.45) is 6.85. The van der Waals surface area contributed by atoms with Crippen molar-refractivity contribution in [3.63, 3.8) is 0 Å². The van der Waals surface area contributed by atoms with Crippen LogP contribution in [0.3, 0.4) is 0 Å². The Hall–Kier alpha value is -1.09. The number of nitrogens with one attached hydrogen (secondary N) is 1. The lowest BCUT2D eigenvalue weighted by atomic mass is 10.2. The van der Waals surface area contributed by atoms with Crippen molar-refractivity contribution in [2.24, 2.45) is 0 Å². The number of hydrogen-bond acceptors (Lipinski definition) is 2. The molecule has 1 heterocycles. The number of amides is 1. The van der Waals surface area contributed by atoms with Gasteiger partial charge in [-0.2, -0.15) is 11.3 Å². The summed E-state index contributed by atoms with van der Waals surface area (Å²) in [6.45, 7) is 2.93. The predicted molar refractivity (Wildman–Crippen MR) is 65.9 cm³/mol. The molecule has 2 nitrogen and oxygen atoms in total. The van der Waals surface area contributed by atoms with Gasteiger partial charge in [-0.1, -0.05) is 19.8 Å². The first-order chi connectivity index (χ1) is 7.33. The second kappa shape index (κ2) is 7.23. The van der Waals surface area contributed by atoms with E-state index in [4.69, 9.17) is 0 Å². The summed E-state index contributed by atoms with van der Waals surface area (Å²) < 4.78 is 0. The van der Waals surface area contributed by atoms with E-state index in [2.05, 4.69) is 12.2 Å². The molecule has 0 unspecified atom stereocenters. The molecule has 1 rings (SSSR count). The fraction of sp³-hybridized carbons (Fsp3) is 0.417. The van der Waals surface area contributed by atoms with Crippen LogP contribution in [0.15, 0.2) is 22.9 Å². The van der Waals surface area contributed by atoms with E-state index in [0.717, 1.165) is 18.5 Å². The van der Waals surface area contributed by atoms with Crippen molar-refractivity contribution in [2.75, 3.05) is 6.54 Å². The topological polar surface area (TPSA) is 29.1 Å². The van der Waals surface area contributed by atoms with Crippen LogP contribution in [0.1, 0.15) is 31.7 Å². The van der Waals surface area contributed by atoms with Crippen molar-refractivity contribution in [1.29, 1.82) is 0 Å². The van der Waals surface area contributed by atoms with E-state index >= 15 is 0 Å². The number of thiophene rings is 1. The van der Waals surface area contributed by atoms with Crippen molar-refractivity contribution in [3.8, 4) is 0 Å². The van der Waals surface area contributed by atoms with Crippen LogP contribution in [0.2, 0.25) is 0 Å². The summed E-state index contributed by atoms with van der Waals surface area (Å²) in [5.74, 6) is -0.00250. The molecule has 0 aromatic carbocycles. The smallest absolute Gasteiger partial charge is 0.243 e. The van der Waals surface area contributed by atoms with Crippen LogP contribution in [-0.2, 0) is 4.79 Å². The summed E-state index contributed by atoms with van der Waals surface area (Å²) in [5.41, 5.74) is 1.09. The Bertz CT molecular complexity index is 303. The SMILES string of the molecule is CCCCCNC(=O)/C=C/c1ccsc1. The normalized spacial score (nSPS) is 10.7. The molecular formula is C12H17NOS. The standard InChI is InChI=1S/C12H17NOS/c1-2-3-4-8-13-12(14)6-5-11-7-9-15-10-11/h5-7,9-10H,2-4,8H2,1H3,(H,13,14)/b6-5+. The van der Waals surface area contributed by atoms with Crippen molar-refractivity contribution in [2.45, 2.75) is 26.2 Å². The zero-order valence-corrected chi connectivity index (χ0v) is 9.85. The average molecular weight is 223 g/mol. The lowest BCUT2D eigenvalue weighted by Crippen LogP contribution is -2.21. The average Bonchev–Trinajstić information content (AvgIpc) is 2.74. The maximum atomic E-state index is 11.3. The molecule has 0 aliphatic carbocycles. The van der Waals surface area contributed by atoms with Gasteiger partial charge < -0.3 is 5.32 Å². The van der Waals surface area contributed by atoms with Crippen LogP contribution >= 0.6 is 11.3 Å². The van der Waals surface area contributed by atoms with Gasteiger partial charge in [0, 0.05) is 12.6 Å². The Morgan fingerprint density at radius 2 is 2.40 bits per heavy atom. The number of hydrogen-bond donors (Lipinski definition) is 1. The van der Waals surface area contributed by atoms with Crippen LogP contribution in [-0.4, -0.2) is 12.5 Å². The van der Waals surface area contributed by atoms with E-state index < -0.39 is 0 Å². The second-order valence-corrected chi connectivity index (χ2v) is 4.17. The van der Waals surface area contributed by atoms with Crippen molar-refractivity contribution < 1.29 is 4.79 Å². The molecule has 0 aliphatic heterocycles. The first-order valence-corrected chi connectivity index (χ1v) is 6.25. The molecule has 0 fully saturated rings. The third kappa shape index (κ3) is 5.37. The Balaban J connectivity index is 2.18. The molecule has 3 heteroatoms. The number of carbonyl (C=O) groups excluding carboxylic acids is 1. The maximum absolute atomic E-state index is 11.3. The Morgan fingerprint density at radius 3 is 3.07 bits per heavy atom. The summed E-state index contributed by atoms with van der Waals surface area (Å²) in [6, 6.07) is 1.99. The molecule has 1 amide bonds. The summed E-state index contributed by atoms with van der Waals surface area (Å²) in [5, 5.41) is 6.87. The molecule has 1 aromatic rings. The zero-order chi connectivity index (χ0) is 10.9. The van der Waals surface area contributed by atoms with Gasteiger partial charge in [0.15, 0.2) is 0 Å². The fourth-order valence-corrected chi connectivity index (χ4v) is 1.82. The molecule has 0 bridgehead atoms. The van der Waals surface area contributed by atoms with Gasteiger partial charge in [-0.05, 0) is 34.9 Å². The molecule has 0 spiro atoms. The minimum absolute atomic E-state index is 0.00250. The summed E-state index contributed by atoms with van der Waals surface area (Å²) >= 11 is 1.63. The van der Waals surface area contributed by atoms with Gasteiger partial charge >= 0.3 is 0 Å². The van der Waals surface area contributed by atoms with E-state index in [0.29, 0.717) is 0 Å². The molecule has 0 saturated carbocycles. The van der Waals surface area contributed by atoms with E-state index in [1.54, 1.807) is 17.4 Å². The lowest BCUT2D eigenvalue weighted by molar-refractivity contribution is -0.116. The molecule has 1 aromatic heterocycles. The van der Waals surface area contributed by atoms with Crippen LogP contribution in [0.4, 0.5) is 0 Å². The highest BCUT2D eigenvalue weighted by Crippen LogP contribution is 2.07.